The van der Waals surface area contributed by atoms with Crippen LogP contribution in [0.2, 0.25) is 0 Å². The van der Waals surface area contributed by atoms with Crippen molar-refractivity contribution >= 4 is 21.4 Å². The number of carbonyl (C=O) groups excluding carboxylic acids is 1. The van der Waals surface area contributed by atoms with E-state index in [1.54, 1.807) is 41.5 Å². The SMILES string of the molecule is O=C(Nc1cccnc1-n1cccn1)[C@@H]1CCS(=O)(=O)C1. The van der Waals surface area contributed by atoms with E-state index in [9.17, 15) is 13.2 Å². The fraction of sp³-hybridized carbons (Fsp3) is 0.308. The molecule has 1 fully saturated rings. The Hall–Kier alpha value is -2.22. The van der Waals surface area contributed by atoms with Crippen LogP contribution in [0.25, 0.3) is 5.82 Å². The molecule has 1 aliphatic heterocycles. The third kappa shape index (κ3) is 2.94. The zero-order valence-electron chi connectivity index (χ0n) is 11.1. The molecule has 0 radical (unpaired) electrons. The highest BCUT2D eigenvalue weighted by Gasteiger charge is 2.33. The lowest BCUT2D eigenvalue weighted by Crippen LogP contribution is -2.24. The molecule has 0 aliphatic carbocycles. The number of nitrogens with zero attached hydrogens (tertiary/aromatic N) is 3. The highest BCUT2D eigenvalue weighted by Crippen LogP contribution is 2.22. The number of hydrogen-bond donors (Lipinski definition) is 1. The second-order valence-corrected chi connectivity index (χ2v) is 7.14. The molecule has 0 saturated carbocycles. The third-order valence-electron chi connectivity index (χ3n) is 3.37. The molecule has 7 nitrogen and oxygen atoms in total. The van der Waals surface area contributed by atoms with Gasteiger partial charge in [-0.2, -0.15) is 5.10 Å². The van der Waals surface area contributed by atoms with E-state index in [-0.39, 0.29) is 17.4 Å². The monoisotopic (exact) mass is 306 g/mol. The first-order valence-electron chi connectivity index (χ1n) is 6.51. The van der Waals surface area contributed by atoms with Crippen LogP contribution in [0.5, 0.6) is 0 Å². The predicted octanol–water partition coefficient (Wildman–Crippen LogP) is 0.640. The molecule has 1 amide bonds. The van der Waals surface area contributed by atoms with E-state index < -0.39 is 15.8 Å². The molecular weight excluding hydrogens is 292 g/mol. The summed E-state index contributed by atoms with van der Waals surface area (Å²) in [6.45, 7) is 0. The fourth-order valence-corrected chi connectivity index (χ4v) is 4.05. The zero-order valence-corrected chi connectivity index (χ0v) is 12.0. The van der Waals surface area contributed by atoms with Crippen molar-refractivity contribution in [3.63, 3.8) is 0 Å². The maximum absolute atomic E-state index is 12.2. The summed E-state index contributed by atoms with van der Waals surface area (Å²) >= 11 is 0. The van der Waals surface area contributed by atoms with Crippen LogP contribution in [0.4, 0.5) is 5.69 Å². The van der Waals surface area contributed by atoms with Crippen LogP contribution < -0.4 is 5.32 Å². The van der Waals surface area contributed by atoms with Crippen molar-refractivity contribution in [2.45, 2.75) is 6.42 Å². The first-order chi connectivity index (χ1) is 10.1. The summed E-state index contributed by atoms with van der Waals surface area (Å²) in [4.78, 5) is 16.4. The molecule has 1 saturated heterocycles. The van der Waals surface area contributed by atoms with Gasteiger partial charge in [-0.25, -0.2) is 18.1 Å². The molecule has 21 heavy (non-hydrogen) atoms. The Morgan fingerprint density at radius 1 is 1.33 bits per heavy atom. The smallest absolute Gasteiger partial charge is 0.228 e. The molecule has 0 bridgehead atoms. The van der Waals surface area contributed by atoms with Gasteiger partial charge < -0.3 is 5.32 Å². The van der Waals surface area contributed by atoms with Gasteiger partial charge in [0.25, 0.3) is 0 Å². The normalized spacial score (nSPS) is 20.3. The number of rotatable bonds is 3. The van der Waals surface area contributed by atoms with Crippen molar-refractivity contribution in [2.75, 3.05) is 16.8 Å². The molecule has 0 aromatic carbocycles. The van der Waals surface area contributed by atoms with Gasteiger partial charge in [0.05, 0.1) is 23.1 Å². The minimum atomic E-state index is -3.08. The number of aromatic nitrogens is 3. The van der Waals surface area contributed by atoms with Gasteiger partial charge in [-0.05, 0) is 24.6 Å². The van der Waals surface area contributed by atoms with Crippen LogP contribution in [-0.4, -0.2) is 40.6 Å². The Kier molecular flexibility index (Phi) is 3.46. The van der Waals surface area contributed by atoms with Gasteiger partial charge in [0.1, 0.15) is 0 Å². The number of sulfone groups is 1. The molecule has 3 rings (SSSR count). The van der Waals surface area contributed by atoms with Gasteiger partial charge in [-0.3, -0.25) is 4.79 Å². The topological polar surface area (TPSA) is 93.9 Å². The summed E-state index contributed by atoms with van der Waals surface area (Å²) in [6, 6.07) is 5.17. The Bertz CT molecular complexity index is 755. The zero-order chi connectivity index (χ0) is 14.9. The van der Waals surface area contributed by atoms with E-state index in [4.69, 9.17) is 0 Å². The van der Waals surface area contributed by atoms with E-state index in [0.717, 1.165) is 0 Å². The first kappa shape index (κ1) is 13.7. The number of hydrogen-bond acceptors (Lipinski definition) is 5. The molecule has 0 unspecified atom stereocenters. The predicted molar refractivity (Wildman–Crippen MR) is 76.7 cm³/mol. The molecule has 2 aromatic heterocycles. The maximum Gasteiger partial charge on any atom is 0.228 e. The third-order valence-corrected chi connectivity index (χ3v) is 5.14. The fourth-order valence-electron chi connectivity index (χ4n) is 2.31. The van der Waals surface area contributed by atoms with E-state index in [1.807, 2.05) is 0 Å². The van der Waals surface area contributed by atoms with E-state index in [1.165, 1.54) is 0 Å². The molecule has 2 aromatic rings. The Labute approximate surface area is 121 Å². The molecule has 0 spiro atoms. The van der Waals surface area contributed by atoms with Crippen LogP contribution >= 0.6 is 0 Å². The quantitative estimate of drug-likeness (QED) is 0.898. The number of anilines is 1. The van der Waals surface area contributed by atoms with E-state index >= 15 is 0 Å². The minimum Gasteiger partial charge on any atom is -0.323 e. The molecular formula is C13H14N4O3S. The standard InChI is InChI=1S/C13H14N4O3S/c18-13(10-4-8-21(19,20)9-10)16-11-3-1-5-14-12(11)17-7-2-6-15-17/h1-3,5-7,10H,4,8-9H2,(H,16,18)/t10-/m1/s1. The number of nitrogens with one attached hydrogen (secondary N) is 1. The summed E-state index contributed by atoms with van der Waals surface area (Å²) in [5, 5.41) is 6.83. The lowest BCUT2D eigenvalue weighted by atomic mass is 10.1. The maximum atomic E-state index is 12.2. The van der Waals surface area contributed by atoms with Crippen molar-refractivity contribution in [3.05, 3.63) is 36.8 Å². The molecule has 1 N–H and O–H groups in total. The number of pyridine rings is 1. The summed E-state index contributed by atoms with van der Waals surface area (Å²) in [5.74, 6) is -0.310. The van der Waals surface area contributed by atoms with Gasteiger partial charge in [0, 0.05) is 18.6 Å². The lowest BCUT2D eigenvalue weighted by molar-refractivity contribution is -0.119. The molecule has 110 valence electrons. The average Bonchev–Trinajstić information content (AvgIpc) is 3.08. The first-order valence-corrected chi connectivity index (χ1v) is 8.34. The number of carbonyl (C=O) groups is 1. The van der Waals surface area contributed by atoms with Crippen LogP contribution in [0.15, 0.2) is 36.8 Å². The molecule has 1 aliphatic rings. The second kappa shape index (κ2) is 5.28. The summed E-state index contributed by atoms with van der Waals surface area (Å²) in [5.41, 5.74) is 0.510. The highest BCUT2D eigenvalue weighted by molar-refractivity contribution is 7.91. The Morgan fingerprint density at radius 3 is 2.86 bits per heavy atom. The van der Waals surface area contributed by atoms with Crippen LogP contribution in [0.1, 0.15) is 6.42 Å². The second-order valence-electron chi connectivity index (χ2n) is 4.91. The van der Waals surface area contributed by atoms with Gasteiger partial charge in [0.2, 0.25) is 5.91 Å². The largest absolute Gasteiger partial charge is 0.323 e. The average molecular weight is 306 g/mol. The summed E-state index contributed by atoms with van der Waals surface area (Å²) < 4.78 is 24.4. The summed E-state index contributed by atoms with van der Waals surface area (Å²) in [7, 11) is -3.08. The summed E-state index contributed by atoms with van der Waals surface area (Å²) in [6.07, 6.45) is 5.31. The van der Waals surface area contributed by atoms with Gasteiger partial charge in [-0.1, -0.05) is 0 Å². The Balaban J connectivity index is 1.81. The van der Waals surface area contributed by atoms with Crippen molar-refractivity contribution in [1.29, 1.82) is 0 Å². The van der Waals surface area contributed by atoms with E-state index in [2.05, 4.69) is 15.4 Å². The van der Waals surface area contributed by atoms with Gasteiger partial charge >= 0.3 is 0 Å². The van der Waals surface area contributed by atoms with Crippen molar-refractivity contribution in [2.24, 2.45) is 5.92 Å². The van der Waals surface area contributed by atoms with E-state index in [0.29, 0.717) is 17.9 Å². The Morgan fingerprint density at radius 2 is 2.19 bits per heavy atom. The molecule has 8 heteroatoms. The molecule has 1 atom stereocenters. The lowest BCUT2D eigenvalue weighted by Gasteiger charge is -2.12. The van der Waals surface area contributed by atoms with Crippen molar-refractivity contribution in [3.8, 4) is 5.82 Å². The van der Waals surface area contributed by atoms with Crippen LogP contribution in [0.3, 0.4) is 0 Å². The highest BCUT2D eigenvalue weighted by atomic mass is 32.2. The van der Waals surface area contributed by atoms with Gasteiger partial charge in [0.15, 0.2) is 15.7 Å². The van der Waals surface area contributed by atoms with Crippen LogP contribution in [0, 0.1) is 5.92 Å². The molecule has 3 heterocycles. The minimum absolute atomic E-state index is 0.0736. The van der Waals surface area contributed by atoms with Crippen molar-refractivity contribution in [1.82, 2.24) is 14.8 Å². The van der Waals surface area contributed by atoms with Crippen molar-refractivity contribution < 1.29 is 13.2 Å². The van der Waals surface area contributed by atoms with Crippen LogP contribution in [-0.2, 0) is 14.6 Å². The number of amides is 1. The van der Waals surface area contributed by atoms with Gasteiger partial charge in [-0.15, -0.1) is 0 Å².